The topological polar surface area (TPSA) is 64.3 Å². The highest BCUT2D eigenvalue weighted by atomic mass is 16.1. The number of hydrogen-bond acceptors (Lipinski definition) is 4. The van der Waals surface area contributed by atoms with Gasteiger partial charge in [0.2, 0.25) is 0 Å². The van der Waals surface area contributed by atoms with E-state index in [-0.39, 0.29) is 5.91 Å². The molecule has 1 aliphatic rings. The molecule has 1 unspecified atom stereocenters. The second-order valence-corrected chi connectivity index (χ2v) is 6.27. The van der Waals surface area contributed by atoms with E-state index >= 15 is 0 Å². The lowest BCUT2D eigenvalue weighted by molar-refractivity contribution is 0.0790. The lowest BCUT2D eigenvalue weighted by Crippen LogP contribution is -2.54. The Morgan fingerprint density at radius 3 is 2.57 bits per heavy atom. The molecule has 0 aromatic carbocycles. The number of nitrogens with one attached hydrogen (secondary N) is 2. The van der Waals surface area contributed by atoms with Crippen LogP contribution in [0.4, 0.5) is 0 Å². The minimum atomic E-state index is -0.0407. The molecule has 0 saturated carbocycles. The van der Waals surface area contributed by atoms with E-state index in [1.54, 1.807) is 6.20 Å². The molecular weight excluding hydrogens is 266 g/mol. The van der Waals surface area contributed by atoms with E-state index in [1.165, 1.54) is 0 Å². The second-order valence-electron chi connectivity index (χ2n) is 6.27. The van der Waals surface area contributed by atoms with Crippen LogP contribution in [0.1, 0.15) is 29.9 Å². The van der Waals surface area contributed by atoms with Crippen LogP contribution in [-0.2, 0) is 0 Å². The molecule has 1 fully saturated rings. The van der Waals surface area contributed by atoms with Crippen LogP contribution in [0.5, 0.6) is 0 Å². The molecule has 1 saturated heterocycles. The van der Waals surface area contributed by atoms with Crippen LogP contribution >= 0.6 is 0 Å². The molecule has 0 bridgehead atoms. The van der Waals surface area contributed by atoms with Gasteiger partial charge in [0.1, 0.15) is 0 Å². The van der Waals surface area contributed by atoms with E-state index in [0.29, 0.717) is 24.1 Å². The third-order valence-electron chi connectivity index (χ3n) is 4.32. The monoisotopic (exact) mass is 293 g/mol. The third-order valence-corrected chi connectivity index (χ3v) is 4.32. The van der Waals surface area contributed by atoms with E-state index in [4.69, 9.17) is 0 Å². The lowest BCUT2D eigenvalue weighted by Gasteiger charge is -2.39. The number of carbonyl (C=O) groups is 1. The number of piperazine rings is 1. The number of aromatic nitrogens is 2. The molecule has 1 amide bonds. The molecule has 6 heteroatoms. The summed E-state index contributed by atoms with van der Waals surface area (Å²) < 4.78 is 0. The highest BCUT2D eigenvalue weighted by Gasteiger charge is 2.25. The summed E-state index contributed by atoms with van der Waals surface area (Å²) in [6.07, 6.45) is 1.59. The molecule has 0 spiro atoms. The van der Waals surface area contributed by atoms with Gasteiger partial charge in [0.15, 0.2) is 0 Å². The van der Waals surface area contributed by atoms with Gasteiger partial charge in [0, 0.05) is 44.5 Å². The maximum absolute atomic E-state index is 12.2. The fourth-order valence-corrected chi connectivity index (χ4v) is 2.81. The number of nitrogens with zero attached hydrogens (tertiary/aromatic N) is 3. The fraction of sp³-hybridized carbons (Fsp3) is 0.733. The second kappa shape index (κ2) is 7.04. The molecule has 2 rings (SSSR count). The van der Waals surface area contributed by atoms with Crippen molar-refractivity contribution in [3.05, 3.63) is 17.5 Å². The summed E-state index contributed by atoms with van der Waals surface area (Å²) in [5.74, 6) is 0.472. The number of hydrogen-bond donors (Lipinski definition) is 2. The van der Waals surface area contributed by atoms with Crippen LogP contribution in [0.3, 0.4) is 0 Å². The Bertz CT molecular complexity index is 462. The van der Waals surface area contributed by atoms with Crippen molar-refractivity contribution in [1.82, 2.24) is 25.3 Å². The molecule has 118 valence electrons. The van der Waals surface area contributed by atoms with Crippen LogP contribution in [0.15, 0.2) is 6.20 Å². The van der Waals surface area contributed by atoms with Gasteiger partial charge in [-0.05, 0) is 19.9 Å². The number of H-pyrrole nitrogens is 1. The Morgan fingerprint density at radius 1 is 1.38 bits per heavy atom. The summed E-state index contributed by atoms with van der Waals surface area (Å²) in [7, 11) is 2.16. The molecule has 6 nitrogen and oxygen atoms in total. The zero-order chi connectivity index (χ0) is 15.4. The van der Waals surface area contributed by atoms with Gasteiger partial charge in [-0.3, -0.25) is 14.8 Å². The summed E-state index contributed by atoms with van der Waals surface area (Å²) in [6, 6.07) is 0.384. The number of aromatic amines is 1. The summed E-state index contributed by atoms with van der Waals surface area (Å²) in [5.41, 5.74) is 1.45. The maximum atomic E-state index is 12.2. The van der Waals surface area contributed by atoms with Gasteiger partial charge < -0.3 is 10.2 Å². The molecule has 1 aromatic rings. The molecule has 2 heterocycles. The van der Waals surface area contributed by atoms with Gasteiger partial charge in [-0.25, -0.2) is 0 Å². The predicted octanol–water partition coefficient (Wildman–Crippen LogP) is 0.720. The summed E-state index contributed by atoms with van der Waals surface area (Å²) in [5, 5.41) is 9.76. The van der Waals surface area contributed by atoms with Crippen molar-refractivity contribution in [3.8, 4) is 0 Å². The van der Waals surface area contributed by atoms with Gasteiger partial charge in [-0.2, -0.15) is 5.10 Å². The van der Waals surface area contributed by atoms with Crippen molar-refractivity contribution < 1.29 is 4.79 Å². The molecule has 0 aliphatic carbocycles. The summed E-state index contributed by atoms with van der Waals surface area (Å²) in [4.78, 5) is 17.0. The first-order valence-corrected chi connectivity index (χ1v) is 7.69. The van der Waals surface area contributed by atoms with E-state index in [1.807, 2.05) is 6.92 Å². The third kappa shape index (κ3) is 4.04. The Labute approximate surface area is 126 Å². The van der Waals surface area contributed by atoms with Crippen molar-refractivity contribution in [1.29, 1.82) is 0 Å². The Morgan fingerprint density at radius 2 is 2.05 bits per heavy atom. The number of carbonyl (C=O) groups excluding carboxylic acids is 1. The Hall–Kier alpha value is -1.40. The van der Waals surface area contributed by atoms with Crippen molar-refractivity contribution >= 4 is 5.91 Å². The summed E-state index contributed by atoms with van der Waals surface area (Å²) >= 11 is 0. The Kier molecular flexibility index (Phi) is 5.36. The average Bonchev–Trinajstić information content (AvgIpc) is 2.86. The standard InChI is InChI=1S/C15H27N5O/c1-11(2)14(20-7-5-19(4)6-8-20)10-16-15(21)13-9-17-18-12(13)3/h9,11,14H,5-8,10H2,1-4H3,(H,16,21)(H,17,18). The van der Waals surface area contributed by atoms with Crippen LogP contribution in [0, 0.1) is 12.8 Å². The number of likely N-dealkylation sites (N-methyl/N-ethyl adjacent to an activating group) is 1. The first-order chi connectivity index (χ1) is 9.99. The van der Waals surface area contributed by atoms with Crippen molar-refractivity contribution in [2.24, 2.45) is 5.92 Å². The lowest BCUT2D eigenvalue weighted by atomic mass is 10.0. The van der Waals surface area contributed by atoms with Gasteiger partial charge in [0.05, 0.1) is 11.8 Å². The molecule has 1 aromatic heterocycles. The normalized spacial score (nSPS) is 18.9. The van der Waals surface area contributed by atoms with E-state index in [9.17, 15) is 4.79 Å². The molecule has 2 N–H and O–H groups in total. The highest BCUT2D eigenvalue weighted by Crippen LogP contribution is 2.13. The van der Waals surface area contributed by atoms with Crippen LogP contribution < -0.4 is 5.32 Å². The Balaban J connectivity index is 1.91. The smallest absolute Gasteiger partial charge is 0.254 e. The molecular formula is C15H27N5O. The first kappa shape index (κ1) is 16.0. The van der Waals surface area contributed by atoms with Gasteiger partial charge in [-0.1, -0.05) is 13.8 Å². The number of rotatable bonds is 5. The minimum absolute atomic E-state index is 0.0407. The maximum Gasteiger partial charge on any atom is 0.254 e. The SMILES string of the molecule is Cc1[nH]ncc1C(=O)NCC(C(C)C)N1CCN(C)CC1. The van der Waals surface area contributed by atoms with Crippen molar-refractivity contribution in [3.63, 3.8) is 0 Å². The molecule has 1 atom stereocenters. The number of aryl methyl sites for hydroxylation is 1. The van der Waals surface area contributed by atoms with E-state index in [2.05, 4.69) is 46.2 Å². The molecule has 1 aliphatic heterocycles. The van der Waals surface area contributed by atoms with Gasteiger partial charge in [0.25, 0.3) is 5.91 Å². The van der Waals surface area contributed by atoms with Crippen molar-refractivity contribution in [2.45, 2.75) is 26.8 Å². The minimum Gasteiger partial charge on any atom is -0.350 e. The largest absolute Gasteiger partial charge is 0.350 e. The predicted molar refractivity (Wildman–Crippen MR) is 83.4 cm³/mol. The molecule has 0 radical (unpaired) electrons. The highest BCUT2D eigenvalue weighted by molar-refractivity contribution is 5.94. The first-order valence-electron chi connectivity index (χ1n) is 7.69. The fourth-order valence-electron chi connectivity index (χ4n) is 2.81. The zero-order valence-electron chi connectivity index (χ0n) is 13.5. The van der Waals surface area contributed by atoms with Crippen molar-refractivity contribution in [2.75, 3.05) is 39.8 Å². The van der Waals surface area contributed by atoms with Crippen LogP contribution in [-0.4, -0.2) is 71.7 Å². The van der Waals surface area contributed by atoms with Crippen LogP contribution in [0.25, 0.3) is 0 Å². The molecule has 21 heavy (non-hydrogen) atoms. The average molecular weight is 293 g/mol. The van der Waals surface area contributed by atoms with Gasteiger partial charge >= 0.3 is 0 Å². The quantitative estimate of drug-likeness (QED) is 0.840. The summed E-state index contributed by atoms with van der Waals surface area (Å²) in [6.45, 7) is 11.3. The number of amides is 1. The van der Waals surface area contributed by atoms with Crippen LogP contribution in [0.2, 0.25) is 0 Å². The zero-order valence-corrected chi connectivity index (χ0v) is 13.5. The van der Waals surface area contributed by atoms with Gasteiger partial charge in [-0.15, -0.1) is 0 Å². The van der Waals surface area contributed by atoms with E-state index < -0.39 is 0 Å². The van der Waals surface area contributed by atoms with E-state index in [0.717, 1.165) is 31.9 Å².